The molecule has 2 aromatic carbocycles. The van der Waals surface area contributed by atoms with Gasteiger partial charge in [-0.15, -0.1) is 23.2 Å². The molecule has 0 radical (unpaired) electrons. The molecule has 4 atom stereocenters. The summed E-state index contributed by atoms with van der Waals surface area (Å²) in [5.74, 6) is -2.37. The molecule has 2 aliphatic carbocycles. The number of carbonyl (C=O) groups is 2. The molecular weight excluding hydrogens is 891 g/mol. The predicted octanol–water partition coefficient (Wildman–Crippen LogP) is 4.10. The fraction of sp³-hybridized carbons (Fsp3) is 0.353. The van der Waals surface area contributed by atoms with Gasteiger partial charge in [0.05, 0.1) is 48.5 Å². The van der Waals surface area contributed by atoms with Crippen molar-refractivity contribution in [3.05, 3.63) is 92.1 Å². The molecule has 4 aromatic rings. The summed E-state index contributed by atoms with van der Waals surface area (Å²) in [4.78, 5) is 69.6. The Morgan fingerprint density at radius 3 is 2.23 bits per heavy atom. The van der Waals surface area contributed by atoms with Gasteiger partial charge in [-0.2, -0.15) is 0 Å². The van der Waals surface area contributed by atoms with Gasteiger partial charge >= 0.3 is 11.4 Å². The van der Waals surface area contributed by atoms with Crippen molar-refractivity contribution < 1.29 is 28.9 Å². The Morgan fingerprint density at radius 2 is 1.57 bits per heavy atom. The molecule has 19 heteroatoms. The highest BCUT2D eigenvalue weighted by atomic mass is 127. The zero-order chi connectivity index (χ0) is 38.5. The minimum absolute atomic E-state index is 0.0476. The van der Waals surface area contributed by atoms with Crippen LogP contribution in [0.4, 0.5) is 0 Å². The fourth-order valence-electron chi connectivity index (χ4n) is 7.59. The summed E-state index contributed by atoms with van der Waals surface area (Å²) < 4.78 is 21.2. The van der Waals surface area contributed by atoms with Crippen molar-refractivity contribution in [1.82, 2.24) is 23.5 Å². The minimum atomic E-state index is -2.25. The number of methoxy groups -OCH3 is 3. The Bertz CT molecular complexity index is 2560. The van der Waals surface area contributed by atoms with Crippen molar-refractivity contribution in [2.75, 3.05) is 21.3 Å². The number of carbonyl (C=O) groups excluding carboxylic acids is 2. The Morgan fingerprint density at radius 1 is 0.925 bits per heavy atom. The normalized spacial score (nSPS) is 23.8. The molecule has 0 amide bonds. The topological polar surface area (TPSA) is 166 Å². The van der Waals surface area contributed by atoms with Crippen molar-refractivity contribution in [2.45, 2.75) is 47.6 Å². The van der Waals surface area contributed by atoms with Gasteiger partial charge in [0.2, 0.25) is 0 Å². The van der Waals surface area contributed by atoms with Crippen LogP contribution in [-0.2, 0) is 36.1 Å². The number of phenols is 1. The van der Waals surface area contributed by atoms with Gasteiger partial charge in [-0.25, -0.2) is 28.5 Å². The maximum atomic E-state index is 14.3. The van der Waals surface area contributed by atoms with E-state index in [0.29, 0.717) is 37.2 Å². The Kier molecular flexibility index (Phi) is 9.36. The number of nitrogens with zero attached hydrogens (tertiary/aromatic N) is 5. The van der Waals surface area contributed by atoms with Crippen LogP contribution in [0.25, 0.3) is 11.0 Å². The van der Waals surface area contributed by atoms with Crippen LogP contribution in [0.1, 0.15) is 29.6 Å². The third-order valence-corrected chi connectivity index (χ3v) is 13.3. The van der Waals surface area contributed by atoms with Crippen LogP contribution in [0, 0.1) is 3.57 Å². The molecule has 0 unspecified atom stereocenters. The lowest BCUT2D eigenvalue weighted by Crippen LogP contribution is -2.67. The van der Waals surface area contributed by atoms with Gasteiger partial charge in [-0.05, 0) is 45.9 Å². The third kappa shape index (κ3) is 5.24. The van der Waals surface area contributed by atoms with Crippen molar-refractivity contribution in [2.24, 2.45) is 7.05 Å². The van der Waals surface area contributed by atoms with Crippen LogP contribution >= 0.6 is 69.0 Å². The van der Waals surface area contributed by atoms with Gasteiger partial charge in [-0.1, -0.05) is 29.3 Å². The Balaban J connectivity index is 1.35. The summed E-state index contributed by atoms with van der Waals surface area (Å²) in [7, 11) is 5.86. The number of aromatic hydroxyl groups is 1. The molecule has 0 bridgehead atoms. The number of halogens is 5. The van der Waals surface area contributed by atoms with Crippen LogP contribution in [0.3, 0.4) is 0 Å². The highest BCUT2D eigenvalue weighted by Crippen LogP contribution is 2.64. The number of hydrogen-bond acceptors (Lipinski definition) is 10. The Labute approximate surface area is 333 Å². The van der Waals surface area contributed by atoms with Crippen molar-refractivity contribution >= 4 is 91.6 Å². The summed E-state index contributed by atoms with van der Waals surface area (Å²) in [6.07, 6.45) is 1.14. The highest BCUT2D eigenvalue weighted by Gasteiger charge is 2.71. The number of ether oxygens (including phenoxy) is 3. The minimum Gasteiger partial charge on any atom is -0.504 e. The standard InChI is InChI=1S/C34H28Cl4IN5O9/c1-41-19-12-22(52-3)21(51-2)11-18(19)40-17(30(41)48)6-7-42-31(49)43-8-5-15-20(44(43)32(42)50)13-33(37)28(46)25(35)26(36)29(47)34(33,38)24(15)14-9-16(39)27(45)23(10-14)53-4/h5,9-12,20,24,45H,6-8,13H2,1-4H3/t20-,24+,33-,34+/m1/s1. The van der Waals surface area contributed by atoms with Crippen molar-refractivity contribution in [1.29, 1.82) is 0 Å². The van der Waals surface area contributed by atoms with E-state index < -0.39 is 66.7 Å². The number of aromatic nitrogens is 5. The lowest BCUT2D eigenvalue weighted by molar-refractivity contribution is -0.128. The second-order valence-electron chi connectivity index (χ2n) is 12.7. The number of alkyl halides is 2. The number of ketones is 2. The first kappa shape index (κ1) is 37.5. The van der Waals surface area contributed by atoms with E-state index in [1.807, 2.05) is 22.6 Å². The molecule has 2 aromatic heterocycles. The number of benzene rings is 2. The van der Waals surface area contributed by atoms with Gasteiger partial charge in [0.25, 0.3) is 5.56 Å². The SMILES string of the molecule is COc1cc2nc(CCn3c(=O)n4n(c3=O)[C@@H]3C[C@@]5(Cl)C(=O)C(Cl)=C(Cl)C(=O)[C@@]5(Cl)[C@@H](c5cc(I)c(O)c(OC)c5)C3=CC4)c(=O)n(C)c2cc1OC. The fourth-order valence-corrected chi connectivity index (χ4v) is 9.74. The predicted molar refractivity (Wildman–Crippen MR) is 205 cm³/mol. The number of Topliss-reactive ketones (excluding diaryl/α,β-unsaturated/α-hetero) is 2. The molecule has 0 spiro atoms. The van der Waals surface area contributed by atoms with Crippen LogP contribution in [0.2, 0.25) is 0 Å². The number of hydrogen-bond donors (Lipinski definition) is 1. The molecule has 1 saturated carbocycles. The molecule has 7 rings (SSSR count). The van der Waals surface area contributed by atoms with Crippen molar-refractivity contribution in [3.8, 4) is 23.0 Å². The monoisotopic (exact) mass is 917 g/mol. The average Bonchev–Trinajstić information content (AvgIpc) is 3.39. The van der Waals surface area contributed by atoms with Crippen LogP contribution in [0.15, 0.2) is 60.4 Å². The van der Waals surface area contributed by atoms with Crippen LogP contribution in [0.5, 0.6) is 23.0 Å². The van der Waals surface area contributed by atoms with E-state index >= 15 is 0 Å². The first-order valence-corrected chi connectivity index (χ1v) is 18.5. The average molecular weight is 919 g/mol. The van der Waals surface area contributed by atoms with E-state index in [1.165, 1.54) is 41.3 Å². The number of allylic oxidation sites excluding steroid dienone is 4. The maximum absolute atomic E-state index is 14.3. The zero-order valence-corrected chi connectivity index (χ0v) is 33.4. The quantitative estimate of drug-likeness (QED) is 0.162. The van der Waals surface area contributed by atoms with E-state index in [-0.39, 0.29) is 36.7 Å². The van der Waals surface area contributed by atoms with Crippen LogP contribution < -0.4 is 31.1 Å². The first-order valence-electron chi connectivity index (χ1n) is 15.9. The van der Waals surface area contributed by atoms with Crippen molar-refractivity contribution in [3.63, 3.8) is 0 Å². The molecule has 1 fully saturated rings. The smallest absolute Gasteiger partial charge is 0.347 e. The first-order chi connectivity index (χ1) is 25.0. The molecule has 0 saturated heterocycles. The molecule has 278 valence electrons. The second-order valence-corrected chi connectivity index (χ2v) is 15.9. The molecule has 1 aliphatic heterocycles. The molecule has 1 N–H and O–H groups in total. The maximum Gasteiger partial charge on any atom is 0.347 e. The summed E-state index contributed by atoms with van der Waals surface area (Å²) in [5.41, 5.74) is -0.164. The van der Waals surface area contributed by atoms with Gasteiger partial charge in [0, 0.05) is 44.5 Å². The summed E-state index contributed by atoms with van der Waals surface area (Å²) in [6.45, 7) is -0.348. The number of aryl methyl sites for hydroxylation is 2. The van der Waals surface area contributed by atoms with Gasteiger partial charge in [-0.3, -0.25) is 14.4 Å². The highest BCUT2D eigenvalue weighted by molar-refractivity contribution is 14.1. The van der Waals surface area contributed by atoms with Gasteiger partial charge in [0.15, 0.2) is 34.6 Å². The summed E-state index contributed by atoms with van der Waals surface area (Å²) >= 11 is 29.0. The lowest BCUT2D eigenvalue weighted by atomic mass is 9.59. The molecule has 53 heavy (non-hydrogen) atoms. The van der Waals surface area contributed by atoms with E-state index in [2.05, 4.69) is 4.98 Å². The zero-order valence-electron chi connectivity index (χ0n) is 28.2. The summed E-state index contributed by atoms with van der Waals surface area (Å²) in [6, 6.07) is 5.18. The molecule has 3 heterocycles. The van der Waals surface area contributed by atoms with E-state index in [0.717, 1.165) is 4.57 Å². The molecule has 3 aliphatic rings. The second kappa shape index (κ2) is 13.2. The molecule has 14 nitrogen and oxygen atoms in total. The van der Waals surface area contributed by atoms with Gasteiger partial charge in [0.1, 0.15) is 25.5 Å². The largest absolute Gasteiger partial charge is 0.504 e. The van der Waals surface area contributed by atoms with Crippen LogP contribution in [-0.4, -0.2) is 71.2 Å². The van der Waals surface area contributed by atoms with E-state index in [1.54, 1.807) is 31.3 Å². The lowest BCUT2D eigenvalue weighted by Gasteiger charge is -2.54. The number of phenolic OH excluding ortho intramolecular Hbond substituents is 1. The number of fused-ring (bicyclic) bond motifs is 5. The Hall–Kier alpha value is -3.77. The van der Waals surface area contributed by atoms with Gasteiger partial charge < -0.3 is 23.9 Å². The van der Waals surface area contributed by atoms with E-state index in [9.17, 15) is 29.1 Å². The third-order valence-electron chi connectivity index (χ3n) is 10.2. The number of rotatable bonds is 7. The molecular formula is C34H28Cl4IN5O9. The van der Waals surface area contributed by atoms with E-state index in [4.69, 9.17) is 60.6 Å². The summed E-state index contributed by atoms with van der Waals surface area (Å²) in [5, 5.41) is 9.44.